The lowest BCUT2D eigenvalue weighted by Gasteiger charge is -2.33. The van der Waals surface area contributed by atoms with E-state index in [4.69, 9.17) is 9.92 Å². The highest BCUT2D eigenvalue weighted by molar-refractivity contribution is 8.18. The Morgan fingerprint density at radius 2 is 2.10 bits per heavy atom. The van der Waals surface area contributed by atoms with Gasteiger partial charge in [-0.3, -0.25) is 4.90 Å². The van der Waals surface area contributed by atoms with Crippen LogP contribution in [0.2, 0.25) is 0 Å². The topological polar surface area (TPSA) is 120 Å². The minimum atomic E-state index is -3.47. The van der Waals surface area contributed by atoms with Crippen molar-refractivity contribution in [3.8, 4) is 0 Å². The van der Waals surface area contributed by atoms with Gasteiger partial charge >= 0.3 is 6.03 Å². The zero-order chi connectivity index (χ0) is 21.1. The smallest absolute Gasteiger partial charge is 0.327 e. The molecular formula is C20H28N4O3S2. The molecule has 4 rings (SSSR count). The quantitative estimate of drug-likeness (QED) is 0.562. The molecule has 7 nitrogen and oxygen atoms in total. The van der Waals surface area contributed by atoms with E-state index in [-0.39, 0.29) is 4.24 Å². The normalized spacial score (nSPS) is 24.2. The Morgan fingerprint density at radius 1 is 1.41 bits per heavy atom. The van der Waals surface area contributed by atoms with Gasteiger partial charge in [-0.15, -0.1) is 0 Å². The molecule has 0 spiro atoms. The molecule has 0 radical (unpaired) electrons. The summed E-state index contributed by atoms with van der Waals surface area (Å²) < 4.78 is 19.8. The van der Waals surface area contributed by atoms with Crippen LogP contribution in [0, 0.1) is 10.7 Å². The third-order valence-corrected chi connectivity index (χ3v) is 9.10. The highest BCUT2D eigenvalue weighted by Gasteiger charge is 2.42. The lowest BCUT2D eigenvalue weighted by Crippen LogP contribution is -2.47. The molecule has 0 bridgehead atoms. The first-order valence-corrected chi connectivity index (χ1v) is 12.4. The van der Waals surface area contributed by atoms with Gasteiger partial charge in [0.05, 0.1) is 5.60 Å². The summed E-state index contributed by atoms with van der Waals surface area (Å²) in [6.45, 7) is 5.38. The fourth-order valence-electron chi connectivity index (χ4n) is 4.04. The predicted octanol–water partition coefficient (Wildman–Crippen LogP) is 3.70. The van der Waals surface area contributed by atoms with Crippen molar-refractivity contribution in [2.75, 3.05) is 5.32 Å². The highest BCUT2D eigenvalue weighted by Crippen LogP contribution is 2.47. The van der Waals surface area contributed by atoms with Gasteiger partial charge in [0, 0.05) is 11.9 Å². The molecular weight excluding hydrogens is 408 g/mol. The molecule has 2 unspecified atom stereocenters. The molecule has 1 aromatic carbocycles. The molecule has 2 aliphatic carbocycles. The number of hydrogen-bond donors (Lipinski definition) is 4. The summed E-state index contributed by atoms with van der Waals surface area (Å²) in [7, 11) is -3.47. The largest absolute Gasteiger partial charge is 0.387 e. The maximum atomic E-state index is 13.2. The average Bonchev–Trinajstić information content (AvgIpc) is 3.30. The minimum absolute atomic E-state index is 0.0902. The van der Waals surface area contributed by atoms with E-state index in [2.05, 4.69) is 24.4 Å². The van der Waals surface area contributed by atoms with Gasteiger partial charge in [-0.1, -0.05) is 30.8 Å². The molecule has 2 amide bonds. The van der Waals surface area contributed by atoms with Crippen molar-refractivity contribution in [1.82, 2.24) is 4.90 Å². The van der Waals surface area contributed by atoms with Gasteiger partial charge in [0.15, 0.2) is 0 Å². The number of benzene rings is 1. The average molecular weight is 437 g/mol. The first-order chi connectivity index (χ1) is 13.5. The number of aryl methyl sites for hydroxylation is 1. The lowest BCUT2D eigenvalue weighted by molar-refractivity contribution is 0.0470. The summed E-state index contributed by atoms with van der Waals surface area (Å²) in [6.07, 6.45) is 5.73. The van der Waals surface area contributed by atoms with E-state index in [1.807, 2.05) is 0 Å². The number of aliphatic hydroxyl groups is 1. The fourth-order valence-corrected chi connectivity index (χ4v) is 6.11. The number of rotatable bonds is 5. The predicted molar refractivity (Wildman–Crippen MR) is 117 cm³/mol. The van der Waals surface area contributed by atoms with Crippen LogP contribution in [0.5, 0.6) is 0 Å². The number of hydrogen-bond acceptors (Lipinski definition) is 5. The standard InChI is InChI=1S/C20H28N4O3S2/c1-11(12-4-5-12)14-8-6-13-7-9-15(13)17(14)23-19(25)24-10-16(29(21,22)27)28-18(24)20(2,3)26/h6,8,10-12,18,26H,4-5,7,9H2,1-3H3,(H,23,25)(H3,21,22,27)/t11-,18?/m1/s1. The molecule has 1 aromatic rings. The SMILES string of the molecule is C[C@@H](c1ccc2c(c1NC(=O)N1C=C(S(=N)(N)=O)SC1C(C)(C)O)CC2)C1CC1. The Bertz CT molecular complexity index is 994. The molecule has 29 heavy (non-hydrogen) atoms. The highest BCUT2D eigenvalue weighted by atomic mass is 32.3. The number of amides is 2. The molecule has 1 saturated carbocycles. The maximum absolute atomic E-state index is 13.2. The second-order valence-corrected chi connectivity index (χ2v) is 11.8. The van der Waals surface area contributed by atoms with Gasteiger partial charge in [0.1, 0.15) is 19.5 Å². The van der Waals surface area contributed by atoms with Crippen LogP contribution in [0.3, 0.4) is 0 Å². The summed E-state index contributed by atoms with van der Waals surface area (Å²) in [4.78, 5) is 14.6. The first kappa shape index (κ1) is 20.7. The van der Waals surface area contributed by atoms with Crippen LogP contribution in [-0.2, 0) is 22.8 Å². The molecule has 1 fully saturated rings. The molecule has 158 valence electrons. The van der Waals surface area contributed by atoms with Crippen LogP contribution in [0.4, 0.5) is 10.5 Å². The van der Waals surface area contributed by atoms with Crippen LogP contribution in [0.15, 0.2) is 22.6 Å². The monoisotopic (exact) mass is 436 g/mol. The van der Waals surface area contributed by atoms with E-state index in [1.165, 1.54) is 35.1 Å². The lowest BCUT2D eigenvalue weighted by atomic mass is 9.82. The first-order valence-electron chi connectivity index (χ1n) is 9.88. The number of urea groups is 1. The van der Waals surface area contributed by atoms with Crippen molar-refractivity contribution in [2.45, 2.75) is 63.3 Å². The molecule has 1 heterocycles. The Labute approximate surface area is 176 Å². The number of carbonyl (C=O) groups is 1. The molecule has 1 aliphatic heterocycles. The number of thioether (sulfide) groups is 1. The van der Waals surface area contributed by atoms with Crippen molar-refractivity contribution >= 4 is 33.4 Å². The van der Waals surface area contributed by atoms with Crippen LogP contribution >= 0.6 is 11.8 Å². The van der Waals surface area contributed by atoms with Crippen molar-refractivity contribution in [3.63, 3.8) is 0 Å². The summed E-state index contributed by atoms with van der Waals surface area (Å²) in [5, 5.41) is 18.4. The third-order valence-electron chi connectivity index (χ3n) is 6.00. The Hall–Kier alpha value is -1.55. The Kier molecular flexibility index (Phi) is 5.00. The summed E-state index contributed by atoms with van der Waals surface area (Å²) in [5.74, 6) is 1.03. The van der Waals surface area contributed by atoms with Gasteiger partial charge in [-0.25, -0.2) is 18.9 Å². The summed E-state index contributed by atoms with van der Waals surface area (Å²) >= 11 is 1.01. The second kappa shape index (κ2) is 7.01. The van der Waals surface area contributed by atoms with E-state index >= 15 is 0 Å². The van der Waals surface area contributed by atoms with Crippen molar-refractivity contribution in [2.24, 2.45) is 11.1 Å². The van der Waals surface area contributed by atoms with Crippen LogP contribution in [0.1, 0.15) is 56.2 Å². The van der Waals surface area contributed by atoms with Crippen LogP contribution in [0.25, 0.3) is 0 Å². The third kappa shape index (κ3) is 3.93. The summed E-state index contributed by atoms with van der Waals surface area (Å²) in [5.41, 5.74) is 3.20. The van der Waals surface area contributed by atoms with E-state index in [9.17, 15) is 14.1 Å². The number of nitrogens with two attached hydrogens (primary N) is 1. The van der Waals surface area contributed by atoms with Gasteiger partial charge in [-0.05, 0) is 68.1 Å². The number of fused-ring (bicyclic) bond motifs is 1. The van der Waals surface area contributed by atoms with Crippen LogP contribution < -0.4 is 10.5 Å². The number of nitrogens with one attached hydrogen (secondary N) is 2. The van der Waals surface area contributed by atoms with E-state index in [0.29, 0.717) is 11.8 Å². The Morgan fingerprint density at radius 3 is 2.62 bits per heavy atom. The molecule has 0 aromatic heterocycles. The van der Waals surface area contributed by atoms with E-state index in [1.54, 1.807) is 13.8 Å². The zero-order valence-electron chi connectivity index (χ0n) is 16.9. The Balaban J connectivity index is 1.67. The number of nitrogens with zero attached hydrogens (tertiary/aromatic N) is 1. The molecule has 3 atom stereocenters. The molecule has 0 saturated heterocycles. The van der Waals surface area contributed by atoms with Crippen molar-refractivity contribution in [3.05, 3.63) is 39.3 Å². The van der Waals surface area contributed by atoms with Gasteiger partial charge < -0.3 is 10.4 Å². The van der Waals surface area contributed by atoms with Crippen LogP contribution in [-0.4, -0.2) is 31.2 Å². The van der Waals surface area contributed by atoms with E-state index in [0.717, 1.165) is 35.9 Å². The number of anilines is 1. The maximum Gasteiger partial charge on any atom is 0.327 e. The van der Waals surface area contributed by atoms with Crippen molar-refractivity contribution < 1.29 is 14.1 Å². The zero-order valence-corrected chi connectivity index (χ0v) is 18.5. The van der Waals surface area contributed by atoms with Gasteiger partial charge in [0.2, 0.25) is 0 Å². The van der Waals surface area contributed by atoms with Gasteiger partial charge in [0.25, 0.3) is 0 Å². The van der Waals surface area contributed by atoms with Crippen molar-refractivity contribution in [1.29, 1.82) is 4.78 Å². The van der Waals surface area contributed by atoms with E-state index < -0.39 is 26.9 Å². The second-order valence-electron chi connectivity index (χ2n) is 8.80. The molecule has 5 N–H and O–H groups in total. The number of carbonyl (C=O) groups excluding carboxylic acids is 1. The van der Waals surface area contributed by atoms with Gasteiger partial charge in [-0.2, -0.15) is 0 Å². The summed E-state index contributed by atoms with van der Waals surface area (Å²) in [6, 6.07) is 3.88. The minimum Gasteiger partial charge on any atom is -0.387 e. The molecule has 9 heteroatoms. The fraction of sp³-hybridized carbons (Fsp3) is 0.550. The molecule has 3 aliphatic rings.